The lowest BCUT2D eigenvalue weighted by Crippen LogP contribution is -1.99. The Morgan fingerprint density at radius 3 is 2.56 bits per heavy atom. The highest BCUT2D eigenvalue weighted by Gasteiger charge is 2.07. The summed E-state index contributed by atoms with van der Waals surface area (Å²) in [4.78, 5) is 18.0. The van der Waals surface area contributed by atoms with Crippen molar-refractivity contribution in [3.05, 3.63) is 47.0 Å². The van der Waals surface area contributed by atoms with Crippen LogP contribution in [0.15, 0.2) is 30.6 Å². The smallest absolute Gasteiger partial charge is 0.338 e. The van der Waals surface area contributed by atoms with Gasteiger partial charge in [-0.15, -0.1) is 0 Å². The average Bonchev–Trinajstić information content (AvgIpc) is 2.34. The molecular weight excluding hydrogens is 263 g/mol. The zero-order valence-corrected chi connectivity index (χ0v) is 9.56. The molecule has 0 unspecified atom stereocenters. The van der Waals surface area contributed by atoms with Crippen LogP contribution < -0.4 is 4.74 Å². The number of benzene rings is 1. The van der Waals surface area contributed by atoms with Gasteiger partial charge in [-0.1, -0.05) is 11.6 Å². The van der Waals surface area contributed by atoms with Gasteiger partial charge in [0.25, 0.3) is 0 Å². The zero-order chi connectivity index (χ0) is 13.1. The van der Waals surface area contributed by atoms with E-state index in [9.17, 15) is 9.18 Å². The van der Waals surface area contributed by atoms with E-state index < -0.39 is 11.8 Å². The fraction of sp³-hybridized carbons (Fsp3) is 0. The van der Waals surface area contributed by atoms with E-state index in [4.69, 9.17) is 21.4 Å². The van der Waals surface area contributed by atoms with E-state index in [-0.39, 0.29) is 22.3 Å². The SMILES string of the molecule is O=C(O)c1cnc(Oc2ccc(F)c(Cl)c2)nc1. The van der Waals surface area contributed by atoms with Crippen LogP contribution in [0, 0.1) is 5.82 Å². The topological polar surface area (TPSA) is 72.3 Å². The molecule has 18 heavy (non-hydrogen) atoms. The van der Waals surface area contributed by atoms with Gasteiger partial charge in [0.15, 0.2) is 0 Å². The summed E-state index contributed by atoms with van der Waals surface area (Å²) in [6.45, 7) is 0. The Balaban J connectivity index is 2.18. The van der Waals surface area contributed by atoms with Gasteiger partial charge < -0.3 is 9.84 Å². The van der Waals surface area contributed by atoms with Crippen LogP contribution in [0.1, 0.15) is 10.4 Å². The van der Waals surface area contributed by atoms with Crippen molar-refractivity contribution in [2.24, 2.45) is 0 Å². The van der Waals surface area contributed by atoms with Crippen molar-refractivity contribution in [1.82, 2.24) is 9.97 Å². The molecule has 0 saturated carbocycles. The number of hydrogen-bond acceptors (Lipinski definition) is 4. The third-order valence-electron chi connectivity index (χ3n) is 1.98. The van der Waals surface area contributed by atoms with Crippen molar-refractivity contribution >= 4 is 17.6 Å². The Labute approximate surface area is 106 Å². The lowest BCUT2D eigenvalue weighted by Gasteiger charge is -2.04. The lowest BCUT2D eigenvalue weighted by molar-refractivity contribution is 0.0696. The monoisotopic (exact) mass is 268 g/mol. The maximum atomic E-state index is 12.9. The van der Waals surface area contributed by atoms with Crippen molar-refractivity contribution in [3.63, 3.8) is 0 Å². The Morgan fingerprint density at radius 1 is 1.33 bits per heavy atom. The average molecular weight is 269 g/mol. The number of halogens is 2. The largest absolute Gasteiger partial charge is 0.478 e. The Bertz CT molecular complexity index is 589. The molecule has 0 spiro atoms. The van der Waals surface area contributed by atoms with E-state index in [0.717, 1.165) is 18.5 Å². The van der Waals surface area contributed by atoms with Gasteiger partial charge in [0.05, 0.1) is 10.6 Å². The van der Waals surface area contributed by atoms with Crippen molar-refractivity contribution < 1.29 is 19.0 Å². The van der Waals surface area contributed by atoms with Gasteiger partial charge in [-0.2, -0.15) is 0 Å². The third-order valence-corrected chi connectivity index (χ3v) is 2.26. The van der Waals surface area contributed by atoms with Crippen molar-refractivity contribution in [2.75, 3.05) is 0 Å². The number of ether oxygens (including phenoxy) is 1. The molecule has 1 aromatic carbocycles. The number of nitrogens with zero attached hydrogens (tertiary/aromatic N) is 2. The molecule has 0 fully saturated rings. The van der Waals surface area contributed by atoms with E-state index >= 15 is 0 Å². The molecule has 0 saturated heterocycles. The molecule has 1 N–H and O–H groups in total. The molecule has 92 valence electrons. The van der Waals surface area contributed by atoms with Crippen LogP contribution in [0.3, 0.4) is 0 Å². The maximum absolute atomic E-state index is 12.9. The summed E-state index contributed by atoms with van der Waals surface area (Å²) in [7, 11) is 0. The van der Waals surface area contributed by atoms with E-state index in [2.05, 4.69) is 9.97 Å². The van der Waals surface area contributed by atoms with Crippen LogP contribution in [-0.2, 0) is 0 Å². The third kappa shape index (κ3) is 2.72. The highest BCUT2D eigenvalue weighted by Crippen LogP contribution is 2.23. The van der Waals surface area contributed by atoms with Crippen molar-refractivity contribution in [3.8, 4) is 11.8 Å². The van der Waals surface area contributed by atoms with Crippen LogP contribution in [0.4, 0.5) is 4.39 Å². The molecule has 1 aromatic heterocycles. The van der Waals surface area contributed by atoms with E-state index in [1.165, 1.54) is 12.1 Å². The molecule has 0 atom stereocenters. The van der Waals surface area contributed by atoms with Gasteiger partial charge in [-0.05, 0) is 12.1 Å². The molecule has 0 aliphatic carbocycles. The zero-order valence-electron chi connectivity index (χ0n) is 8.80. The summed E-state index contributed by atoms with van der Waals surface area (Å²) in [6.07, 6.45) is 2.21. The standard InChI is InChI=1S/C11H6ClFN2O3/c12-8-3-7(1-2-9(8)13)18-11-14-4-6(5-15-11)10(16)17/h1-5H,(H,16,17). The van der Waals surface area contributed by atoms with Crippen LogP contribution in [0.25, 0.3) is 0 Å². The van der Waals surface area contributed by atoms with Crippen LogP contribution in [0.2, 0.25) is 5.02 Å². The maximum Gasteiger partial charge on any atom is 0.338 e. The molecule has 1 heterocycles. The second-order valence-electron chi connectivity index (χ2n) is 3.24. The fourth-order valence-corrected chi connectivity index (χ4v) is 1.30. The van der Waals surface area contributed by atoms with Gasteiger partial charge in [0.1, 0.15) is 11.6 Å². The highest BCUT2D eigenvalue weighted by atomic mass is 35.5. The Hall–Kier alpha value is -2.21. The first-order valence-corrected chi connectivity index (χ1v) is 5.12. The second kappa shape index (κ2) is 4.97. The van der Waals surface area contributed by atoms with E-state index in [1.54, 1.807) is 0 Å². The molecule has 0 bridgehead atoms. The highest BCUT2D eigenvalue weighted by molar-refractivity contribution is 6.30. The van der Waals surface area contributed by atoms with Gasteiger partial charge in [-0.3, -0.25) is 0 Å². The summed E-state index contributed by atoms with van der Waals surface area (Å²) in [5.74, 6) is -1.44. The number of aromatic nitrogens is 2. The number of carbonyl (C=O) groups is 1. The molecule has 2 aromatic rings. The van der Waals surface area contributed by atoms with E-state index in [1.807, 2.05) is 0 Å². The number of carboxylic acid groups (broad SMARTS) is 1. The van der Waals surface area contributed by atoms with Gasteiger partial charge in [0, 0.05) is 18.5 Å². The number of aromatic carboxylic acids is 1. The van der Waals surface area contributed by atoms with Gasteiger partial charge in [0.2, 0.25) is 0 Å². The summed E-state index contributed by atoms with van der Waals surface area (Å²) in [5, 5.41) is 8.56. The summed E-state index contributed by atoms with van der Waals surface area (Å²) < 4.78 is 18.1. The normalized spacial score (nSPS) is 10.1. The minimum absolute atomic E-state index is 0.0531. The quantitative estimate of drug-likeness (QED) is 0.927. The summed E-state index contributed by atoms with van der Waals surface area (Å²) >= 11 is 5.57. The summed E-state index contributed by atoms with van der Waals surface area (Å²) in [5.41, 5.74) is -0.0560. The van der Waals surface area contributed by atoms with Gasteiger partial charge >= 0.3 is 12.0 Å². The van der Waals surface area contributed by atoms with Gasteiger partial charge in [-0.25, -0.2) is 19.2 Å². The van der Waals surface area contributed by atoms with Crippen LogP contribution >= 0.6 is 11.6 Å². The molecule has 5 nitrogen and oxygen atoms in total. The first kappa shape index (κ1) is 12.3. The minimum Gasteiger partial charge on any atom is -0.478 e. The number of hydrogen-bond donors (Lipinski definition) is 1. The minimum atomic E-state index is -1.13. The van der Waals surface area contributed by atoms with Crippen molar-refractivity contribution in [2.45, 2.75) is 0 Å². The fourth-order valence-electron chi connectivity index (χ4n) is 1.13. The number of carboxylic acids is 1. The second-order valence-corrected chi connectivity index (χ2v) is 3.64. The molecule has 0 amide bonds. The predicted molar refractivity (Wildman–Crippen MR) is 60.5 cm³/mol. The molecule has 7 heteroatoms. The lowest BCUT2D eigenvalue weighted by atomic mass is 10.3. The predicted octanol–water partition coefficient (Wildman–Crippen LogP) is 2.76. The first-order chi connectivity index (χ1) is 8.56. The molecule has 0 radical (unpaired) electrons. The molecule has 0 aliphatic heterocycles. The van der Waals surface area contributed by atoms with Crippen molar-refractivity contribution in [1.29, 1.82) is 0 Å². The van der Waals surface area contributed by atoms with Crippen LogP contribution in [-0.4, -0.2) is 21.0 Å². The Morgan fingerprint density at radius 2 is 2.00 bits per heavy atom. The van der Waals surface area contributed by atoms with E-state index in [0.29, 0.717) is 0 Å². The summed E-state index contributed by atoms with van der Waals surface area (Å²) in [6, 6.07) is 3.72. The molecule has 0 aliphatic rings. The van der Waals surface area contributed by atoms with Crippen LogP contribution in [0.5, 0.6) is 11.8 Å². The first-order valence-electron chi connectivity index (χ1n) is 4.74. The Kier molecular flexibility index (Phi) is 3.38. The molecular formula is C11H6ClFN2O3. The molecule has 2 rings (SSSR count). The number of rotatable bonds is 3.